The maximum atomic E-state index is 12.3. The SMILES string of the molecule is CC(CC(=O)N(C)c1ccc(Br)cc1N)CC(C)(C)C. The molecule has 0 saturated carbocycles. The normalized spacial score (nSPS) is 13.1. The summed E-state index contributed by atoms with van der Waals surface area (Å²) in [7, 11) is 1.78. The van der Waals surface area contributed by atoms with E-state index in [0.29, 0.717) is 18.0 Å². The van der Waals surface area contributed by atoms with Gasteiger partial charge in [0.05, 0.1) is 11.4 Å². The Labute approximate surface area is 130 Å². The van der Waals surface area contributed by atoms with Crippen LogP contribution in [0.1, 0.15) is 40.5 Å². The lowest BCUT2D eigenvalue weighted by atomic mass is 9.84. The molecule has 2 N–H and O–H groups in total. The maximum Gasteiger partial charge on any atom is 0.227 e. The van der Waals surface area contributed by atoms with Crippen LogP contribution in [0.25, 0.3) is 0 Å². The van der Waals surface area contributed by atoms with Crippen LogP contribution in [0.3, 0.4) is 0 Å². The molecule has 1 aromatic rings. The second-order valence-electron chi connectivity index (χ2n) is 6.73. The Balaban J connectivity index is 2.72. The number of rotatable bonds is 4. The summed E-state index contributed by atoms with van der Waals surface area (Å²) in [5, 5.41) is 0. The third kappa shape index (κ3) is 5.16. The number of benzene rings is 1. The third-order valence-electron chi connectivity index (χ3n) is 3.21. The molecule has 0 aliphatic rings. The van der Waals surface area contributed by atoms with Crippen LogP contribution in [0.5, 0.6) is 0 Å². The number of nitrogen functional groups attached to an aromatic ring is 1. The van der Waals surface area contributed by atoms with Crippen LogP contribution < -0.4 is 10.6 Å². The summed E-state index contributed by atoms with van der Waals surface area (Å²) in [5.41, 5.74) is 7.59. The monoisotopic (exact) mass is 340 g/mol. The number of carbonyl (C=O) groups is 1. The topological polar surface area (TPSA) is 46.3 Å². The van der Waals surface area contributed by atoms with E-state index in [1.165, 1.54) is 0 Å². The number of hydrogen-bond acceptors (Lipinski definition) is 2. The Bertz CT molecular complexity index is 480. The van der Waals surface area contributed by atoms with E-state index in [1.807, 2.05) is 18.2 Å². The number of anilines is 2. The van der Waals surface area contributed by atoms with Gasteiger partial charge in [0, 0.05) is 17.9 Å². The van der Waals surface area contributed by atoms with Crippen LogP contribution >= 0.6 is 15.9 Å². The molecule has 0 heterocycles. The number of amides is 1. The Hall–Kier alpha value is -1.03. The summed E-state index contributed by atoms with van der Waals surface area (Å²) in [4.78, 5) is 14.0. The lowest BCUT2D eigenvalue weighted by Gasteiger charge is -2.25. The number of halogens is 1. The molecule has 20 heavy (non-hydrogen) atoms. The van der Waals surface area contributed by atoms with E-state index in [4.69, 9.17) is 5.73 Å². The van der Waals surface area contributed by atoms with Gasteiger partial charge in [0.2, 0.25) is 5.91 Å². The third-order valence-corrected chi connectivity index (χ3v) is 3.70. The summed E-state index contributed by atoms with van der Waals surface area (Å²) in [5.74, 6) is 0.470. The molecule has 0 aromatic heterocycles. The molecule has 3 nitrogen and oxygen atoms in total. The van der Waals surface area contributed by atoms with Crippen molar-refractivity contribution in [3.63, 3.8) is 0 Å². The van der Waals surface area contributed by atoms with Crippen molar-refractivity contribution in [3.05, 3.63) is 22.7 Å². The molecule has 0 saturated heterocycles. The highest BCUT2D eigenvalue weighted by Gasteiger charge is 2.20. The molecule has 0 spiro atoms. The standard InChI is InChI=1S/C16H25BrN2O/c1-11(10-16(2,3)4)8-15(20)19(5)14-7-6-12(17)9-13(14)18/h6-7,9,11H,8,10,18H2,1-5H3. The number of nitrogens with two attached hydrogens (primary N) is 1. The van der Waals surface area contributed by atoms with Crippen molar-refractivity contribution in [1.82, 2.24) is 0 Å². The van der Waals surface area contributed by atoms with Crippen molar-refractivity contribution in [2.45, 2.75) is 40.5 Å². The van der Waals surface area contributed by atoms with Crippen LogP contribution in [-0.4, -0.2) is 13.0 Å². The predicted octanol–water partition coefficient (Wildman–Crippen LogP) is 4.46. The summed E-state index contributed by atoms with van der Waals surface area (Å²) in [6, 6.07) is 5.58. The maximum absolute atomic E-state index is 12.3. The molecule has 112 valence electrons. The number of carbonyl (C=O) groups excluding carboxylic acids is 1. The Morgan fingerprint density at radius 1 is 1.40 bits per heavy atom. The number of nitrogens with zero attached hydrogens (tertiary/aromatic N) is 1. The fourth-order valence-electron chi connectivity index (χ4n) is 2.52. The molecule has 1 rings (SSSR count). The zero-order chi connectivity index (χ0) is 15.5. The zero-order valence-corrected chi connectivity index (χ0v) is 14.6. The van der Waals surface area contributed by atoms with Crippen molar-refractivity contribution < 1.29 is 4.79 Å². The highest BCUT2D eigenvalue weighted by molar-refractivity contribution is 9.10. The van der Waals surface area contributed by atoms with E-state index in [0.717, 1.165) is 16.6 Å². The Kier molecular flexibility index (Phi) is 5.63. The fourth-order valence-corrected chi connectivity index (χ4v) is 2.90. The molecule has 0 radical (unpaired) electrons. The summed E-state index contributed by atoms with van der Waals surface area (Å²) in [6.07, 6.45) is 1.58. The fraction of sp³-hybridized carbons (Fsp3) is 0.562. The van der Waals surface area contributed by atoms with Gasteiger partial charge in [0.1, 0.15) is 0 Å². The average Bonchev–Trinajstić information content (AvgIpc) is 2.25. The van der Waals surface area contributed by atoms with E-state index in [1.54, 1.807) is 11.9 Å². The minimum Gasteiger partial charge on any atom is -0.397 e. The molecule has 0 bridgehead atoms. The van der Waals surface area contributed by atoms with Gasteiger partial charge in [-0.25, -0.2) is 0 Å². The van der Waals surface area contributed by atoms with Crippen molar-refractivity contribution >= 4 is 33.2 Å². The lowest BCUT2D eigenvalue weighted by molar-refractivity contribution is -0.119. The molecule has 4 heteroatoms. The second-order valence-corrected chi connectivity index (χ2v) is 7.65. The van der Waals surface area contributed by atoms with Gasteiger partial charge in [-0.3, -0.25) is 4.79 Å². The average molecular weight is 341 g/mol. The first-order chi connectivity index (χ1) is 9.10. The van der Waals surface area contributed by atoms with E-state index in [2.05, 4.69) is 43.6 Å². The van der Waals surface area contributed by atoms with Gasteiger partial charge < -0.3 is 10.6 Å². The smallest absolute Gasteiger partial charge is 0.227 e. The predicted molar refractivity (Wildman–Crippen MR) is 89.8 cm³/mol. The van der Waals surface area contributed by atoms with Crippen molar-refractivity contribution in [1.29, 1.82) is 0 Å². The van der Waals surface area contributed by atoms with Gasteiger partial charge in [-0.05, 0) is 36.0 Å². The van der Waals surface area contributed by atoms with Crippen molar-refractivity contribution in [3.8, 4) is 0 Å². The van der Waals surface area contributed by atoms with Gasteiger partial charge >= 0.3 is 0 Å². The molecule has 1 aromatic carbocycles. The molecule has 1 atom stereocenters. The summed E-state index contributed by atoms with van der Waals surface area (Å²) >= 11 is 3.37. The van der Waals surface area contributed by atoms with E-state index >= 15 is 0 Å². The van der Waals surface area contributed by atoms with Gasteiger partial charge in [-0.15, -0.1) is 0 Å². The minimum atomic E-state index is 0.107. The zero-order valence-electron chi connectivity index (χ0n) is 13.0. The van der Waals surface area contributed by atoms with Crippen LogP contribution in [0, 0.1) is 11.3 Å². The van der Waals surface area contributed by atoms with Crippen LogP contribution in [0.15, 0.2) is 22.7 Å². The van der Waals surface area contributed by atoms with Gasteiger partial charge in [0.25, 0.3) is 0 Å². The number of hydrogen-bond donors (Lipinski definition) is 1. The first kappa shape index (κ1) is 17.0. The van der Waals surface area contributed by atoms with Gasteiger partial charge in [-0.1, -0.05) is 43.6 Å². The van der Waals surface area contributed by atoms with Crippen LogP contribution in [0.2, 0.25) is 0 Å². The molecule has 0 aliphatic heterocycles. The second kappa shape index (κ2) is 6.61. The molecular weight excluding hydrogens is 316 g/mol. The largest absolute Gasteiger partial charge is 0.397 e. The van der Waals surface area contributed by atoms with Crippen LogP contribution in [0.4, 0.5) is 11.4 Å². The van der Waals surface area contributed by atoms with Gasteiger partial charge in [0.15, 0.2) is 0 Å². The Morgan fingerprint density at radius 2 is 2.00 bits per heavy atom. The van der Waals surface area contributed by atoms with Gasteiger partial charge in [-0.2, -0.15) is 0 Å². The van der Waals surface area contributed by atoms with E-state index < -0.39 is 0 Å². The highest BCUT2D eigenvalue weighted by atomic mass is 79.9. The molecule has 1 unspecified atom stereocenters. The quantitative estimate of drug-likeness (QED) is 0.822. The van der Waals surface area contributed by atoms with E-state index in [9.17, 15) is 4.79 Å². The highest BCUT2D eigenvalue weighted by Crippen LogP contribution is 2.29. The molecule has 0 aliphatic carbocycles. The van der Waals surface area contributed by atoms with Crippen molar-refractivity contribution in [2.24, 2.45) is 11.3 Å². The Morgan fingerprint density at radius 3 is 2.50 bits per heavy atom. The molecule has 0 fully saturated rings. The first-order valence-corrected chi connectivity index (χ1v) is 7.71. The summed E-state index contributed by atoms with van der Waals surface area (Å²) < 4.78 is 0.917. The summed E-state index contributed by atoms with van der Waals surface area (Å²) in [6.45, 7) is 8.72. The molecule has 1 amide bonds. The molecular formula is C16H25BrN2O. The lowest BCUT2D eigenvalue weighted by Crippen LogP contribution is -2.29. The minimum absolute atomic E-state index is 0.107. The first-order valence-electron chi connectivity index (χ1n) is 6.92. The van der Waals surface area contributed by atoms with E-state index in [-0.39, 0.29) is 11.3 Å². The van der Waals surface area contributed by atoms with Crippen LogP contribution in [-0.2, 0) is 4.79 Å². The van der Waals surface area contributed by atoms with Crippen molar-refractivity contribution in [2.75, 3.05) is 17.7 Å².